The first-order chi connectivity index (χ1) is 21.3. The summed E-state index contributed by atoms with van der Waals surface area (Å²) < 4.78 is 96.7. The SMILES string of the molecule is OC(c1ccc(OC(F)(F)F)cc1)(c1ccc(OC(F)(F)F)cc1)C1CCN(Cc2ccc(-c3nnn(CCF)n3)cc2)CC1. The number of hydrogen-bond donors (Lipinski definition) is 1. The molecule has 1 saturated heterocycles. The molecule has 1 N–H and O–H groups in total. The number of aryl methyl sites for hydroxylation is 1. The largest absolute Gasteiger partial charge is 0.573 e. The van der Waals surface area contributed by atoms with Crippen LogP contribution in [0.25, 0.3) is 11.4 Å². The summed E-state index contributed by atoms with van der Waals surface area (Å²) in [5, 5.41) is 24.1. The minimum Gasteiger partial charge on any atom is -0.406 e. The number of piperidine rings is 1. The minimum absolute atomic E-state index is 0.0196. The molecule has 0 atom stereocenters. The lowest BCUT2D eigenvalue weighted by atomic mass is 9.72. The lowest BCUT2D eigenvalue weighted by Crippen LogP contribution is -2.44. The molecule has 0 radical (unpaired) electrons. The van der Waals surface area contributed by atoms with Crippen LogP contribution in [0.1, 0.15) is 29.5 Å². The van der Waals surface area contributed by atoms with Crippen LogP contribution in [0.3, 0.4) is 0 Å². The fraction of sp³-hybridized carbons (Fsp3) is 0.367. The van der Waals surface area contributed by atoms with Gasteiger partial charge in [0.15, 0.2) is 0 Å². The molecule has 0 amide bonds. The van der Waals surface area contributed by atoms with E-state index in [1.165, 1.54) is 29.1 Å². The highest BCUT2D eigenvalue weighted by molar-refractivity contribution is 5.54. The maximum atomic E-state index is 12.7. The van der Waals surface area contributed by atoms with Crippen LogP contribution < -0.4 is 9.47 Å². The first-order valence-corrected chi connectivity index (χ1v) is 13.9. The van der Waals surface area contributed by atoms with E-state index >= 15 is 0 Å². The number of likely N-dealkylation sites (tertiary alicyclic amines) is 1. The summed E-state index contributed by atoms with van der Waals surface area (Å²) >= 11 is 0. The summed E-state index contributed by atoms with van der Waals surface area (Å²) in [6.45, 7) is 1.15. The van der Waals surface area contributed by atoms with Gasteiger partial charge in [0.1, 0.15) is 23.8 Å². The molecule has 0 bridgehead atoms. The lowest BCUT2D eigenvalue weighted by Gasteiger charge is -2.42. The number of aliphatic hydroxyl groups is 1. The second kappa shape index (κ2) is 13.0. The zero-order valence-electron chi connectivity index (χ0n) is 23.6. The molecule has 1 aliphatic heterocycles. The van der Waals surface area contributed by atoms with Gasteiger partial charge in [0.05, 0.1) is 6.54 Å². The molecular formula is C30H28F7N5O3. The van der Waals surface area contributed by atoms with Crippen molar-refractivity contribution in [3.63, 3.8) is 0 Å². The quantitative estimate of drug-likeness (QED) is 0.205. The number of halogens is 7. The Balaban J connectivity index is 1.31. The van der Waals surface area contributed by atoms with Gasteiger partial charge in [-0.2, -0.15) is 4.80 Å². The van der Waals surface area contributed by atoms with E-state index in [-0.39, 0.29) is 17.7 Å². The van der Waals surface area contributed by atoms with Crippen LogP contribution >= 0.6 is 0 Å². The Morgan fingerprint density at radius 2 is 1.27 bits per heavy atom. The number of aromatic nitrogens is 4. The van der Waals surface area contributed by atoms with Crippen molar-refractivity contribution in [2.75, 3.05) is 19.8 Å². The Morgan fingerprint density at radius 1 is 0.756 bits per heavy atom. The van der Waals surface area contributed by atoms with Crippen molar-refractivity contribution in [3.8, 4) is 22.9 Å². The van der Waals surface area contributed by atoms with Gasteiger partial charge in [-0.1, -0.05) is 48.5 Å². The van der Waals surface area contributed by atoms with Crippen molar-refractivity contribution in [1.82, 2.24) is 25.1 Å². The Morgan fingerprint density at radius 3 is 1.73 bits per heavy atom. The predicted molar refractivity (Wildman–Crippen MR) is 146 cm³/mol. The summed E-state index contributed by atoms with van der Waals surface area (Å²) in [6.07, 6.45) is -8.82. The molecule has 45 heavy (non-hydrogen) atoms. The van der Waals surface area contributed by atoms with Crippen LogP contribution in [-0.4, -0.2) is 62.7 Å². The van der Waals surface area contributed by atoms with Gasteiger partial charge in [-0.3, -0.25) is 4.90 Å². The normalized spacial score (nSPS) is 15.3. The van der Waals surface area contributed by atoms with Gasteiger partial charge in [0.25, 0.3) is 0 Å². The van der Waals surface area contributed by atoms with Crippen molar-refractivity contribution in [2.45, 2.75) is 44.3 Å². The second-order valence-electron chi connectivity index (χ2n) is 10.6. The Bertz CT molecular complexity index is 1480. The smallest absolute Gasteiger partial charge is 0.406 e. The number of alkyl halides is 7. The van der Waals surface area contributed by atoms with Crippen LogP contribution in [0.15, 0.2) is 72.8 Å². The van der Waals surface area contributed by atoms with Crippen molar-refractivity contribution < 1.29 is 45.3 Å². The molecule has 5 rings (SSSR count). The van der Waals surface area contributed by atoms with Gasteiger partial charge < -0.3 is 14.6 Å². The van der Waals surface area contributed by atoms with Gasteiger partial charge in [0.2, 0.25) is 5.82 Å². The van der Waals surface area contributed by atoms with E-state index in [4.69, 9.17) is 0 Å². The molecule has 15 heteroatoms. The first kappa shape index (κ1) is 32.2. The molecule has 0 saturated carbocycles. The van der Waals surface area contributed by atoms with E-state index in [1.807, 2.05) is 24.3 Å². The van der Waals surface area contributed by atoms with Gasteiger partial charge in [-0.25, -0.2) is 4.39 Å². The number of tetrazole rings is 1. The van der Waals surface area contributed by atoms with E-state index in [2.05, 4.69) is 29.8 Å². The van der Waals surface area contributed by atoms with Gasteiger partial charge in [0, 0.05) is 12.1 Å². The van der Waals surface area contributed by atoms with Crippen LogP contribution in [-0.2, 0) is 18.7 Å². The highest BCUT2D eigenvalue weighted by Gasteiger charge is 2.42. The maximum absolute atomic E-state index is 12.7. The maximum Gasteiger partial charge on any atom is 0.573 e. The highest BCUT2D eigenvalue weighted by atomic mass is 19.4. The first-order valence-electron chi connectivity index (χ1n) is 13.9. The molecule has 0 spiro atoms. The van der Waals surface area contributed by atoms with E-state index in [9.17, 15) is 35.8 Å². The molecule has 240 valence electrons. The molecule has 0 unspecified atom stereocenters. The summed E-state index contributed by atoms with van der Waals surface area (Å²) in [7, 11) is 0. The van der Waals surface area contributed by atoms with Crippen molar-refractivity contribution >= 4 is 0 Å². The molecule has 1 aliphatic rings. The fourth-order valence-corrected chi connectivity index (χ4v) is 5.51. The molecule has 1 fully saturated rings. The van der Waals surface area contributed by atoms with Crippen LogP contribution in [0.5, 0.6) is 11.5 Å². The number of rotatable bonds is 10. The molecule has 0 aliphatic carbocycles. The van der Waals surface area contributed by atoms with E-state index in [1.54, 1.807) is 0 Å². The zero-order chi connectivity index (χ0) is 32.2. The number of hydrogen-bond acceptors (Lipinski definition) is 7. The van der Waals surface area contributed by atoms with Gasteiger partial charge in [-0.15, -0.1) is 36.5 Å². The van der Waals surface area contributed by atoms with E-state index < -0.39 is 42.4 Å². The van der Waals surface area contributed by atoms with Gasteiger partial charge in [-0.05, 0) is 78.0 Å². The second-order valence-corrected chi connectivity index (χ2v) is 10.6. The standard InChI is InChI=1S/C30H28F7N5O3/c31-15-18-42-39-27(38-40-42)21-3-1-20(2-4-21)19-41-16-13-24(14-17-41)28(43,22-5-9-25(10-6-22)44-29(32,33)34)23-7-11-26(12-8-23)45-30(35,36)37/h1-12,24,43H,13-19H2. The number of benzene rings is 3. The van der Waals surface area contributed by atoms with Crippen LogP contribution in [0, 0.1) is 5.92 Å². The minimum atomic E-state index is -4.90. The molecule has 8 nitrogen and oxygen atoms in total. The fourth-order valence-electron chi connectivity index (χ4n) is 5.51. The van der Waals surface area contributed by atoms with Crippen molar-refractivity contribution in [3.05, 3.63) is 89.5 Å². The molecule has 2 heterocycles. The van der Waals surface area contributed by atoms with Gasteiger partial charge >= 0.3 is 12.7 Å². The molecule has 4 aromatic rings. The molecular weight excluding hydrogens is 611 g/mol. The van der Waals surface area contributed by atoms with Crippen molar-refractivity contribution in [2.24, 2.45) is 5.92 Å². The predicted octanol–water partition coefficient (Wildman–Crippen LogP) is 6.25. The van der Waals surface area contributed by atoms with Crippen molar-refractivity contribution in [1.29, 1.82) is 0 Å². The molecule has 1 aromatic heterocycles. The summed E-state index contributed by atoms with van der Waals surface area (Å²) in [6, 6.07) is 17.2. The topological polar surface area (TPSA) is 85.5 Å². The Labute approximate surface area is 253 Å². The third-order valence-electron chi connectivity index (χ3n) is 7.59. The summed E-state index contributed by atoms with van der Waals surface area (Å²) in [5.74, 6) is -0.976. The average molecular weight is 640 g/mol. The summed E-state index contributed by atoms with van der Waals surface area (Å²) in [4.78, 5) is 3.37. The van der Waals surface area contributed by atoms with Crippen LogP contribution in [0.4, 0.5) is 30.7 Å². The number of nitrogens with zero attached hydrogens (tertiary/aromatic N) is 5. The van der Waals surface area contributed by atoms with E-state index in [0.29, 0.717) is 38.3 Å². The molecule has 3 aromatic carbocycles. The third kappa shape index (κ3) is 8.08. The van der Waals surface area contributed by atoms with E-state index in [0.717, 1.165) is 35.4 Å². The Hall–Kier alpha value is -4.24. The number of ether oxygens (including phenoxy) is 2. The third-order valence-corrected chi connectivity index (χ3v) is 7.59. The average Bonchev–Trinajstić information content (AvgIpc) is 3.45. The zero-order valence-corrected chi connectivity index (χ0v) is 23.6. The summed E-state index contributed by atoms with van der Waals surface area (Å²) in [5.41, 5.74) is 0.545. The van der Waals surface area contributed by atoms with Crippen LogP contribution in [0.2, 0.25) is 0 Å². The highest BCUT2D eigenvalue weighted by Crippen LogP contribution is 2.43. The monoisotopic (exact) mass is 639 g/mol. The Kier molecular flexibility index (Phi) is 9.30. The lowest BCUT2D eigenvalue weighted by molar-refractivity contribution is -0.275.